The molecule has 2 saturated heterocycles. The van der Waals surface area contributed by atoms with Crippen LogP contribution in [0, 0.1) is 0 Å². The molecule has 2 atom stereocenters. The van der Waals surface area contributed by atoms with Gasteiger partial charge >= 0.3 is 0 Å². The Kier molecular flexibility index (Phi) is 5.27. The van der Waals surface area contributed by atoms with Gasteiger partial charge in [0.1, 0.15) is 11.8 Å². The van der Waals surface area contributed by atoms with Crippen LogP contribution in [0.5, 0.6) is 5.75 Å². The summed E-state index contributed by atoms with van der Waals surface area (Å²) in [5, 5.41) is 0. The summed E-state index contributed by atoms with van der Waals surface area (Å²) in [4.78, 5) is 17.2. The summed E-state index contributed by atoms with van der Waals surface area (Å²) in [6.07, 6.45) is 0.741. The molecular weight excluding hydrogens is 340 g/mol. The zero-order valence-corrected chi connectivity index (χ0v) is 15.6. The molecule has 0 spiro atoms. The Bertz CT molecular complexity index is 775. The highest BCUT2D eigenvalue weighted by atomic mass is 16.5. The number of anilines is 1. The molecular formula is C21H26N4O2. The Morgan fingerprint density at radius 2 is 1.78 bits per heavy atom. The number of nitrogens with zero attached hydrogens (tertiary/aromatic N) is 2. The van der Waals surface area contributed by atoms with Gasteiger partial charge in [-0.25, -0.2) is 10.9 Å². The lowest BCUT2D eigenvalue weighted by molar-refractivity contribution is -0.133. The molecule has 1 amide bonds. The number of carbonyl (C=O) groups excluding carboxylic acids is 1. The van der Waals surface area contributed by atoms with Crippen LogP contribution in [0.2, 0.25) is 0 Å². The molecule has 2 aliphatic rings. The molecule has 6 heteroatoms. The number of nitrogens with one attached hydrogen (secondary N) is 2. The fourth-order valence-electron chi connectivity index (χ4n) is 3.84. The summed E-state index contributed by atoms with van der Waals surface area (Å²) >= 11 is 0. The van der Waals surface area contributed by atoms with Crippen molar-refractivity contribution in [1.82, 2.24) is 15.8 Å². The molecule has 0 saturated carbocycles. The summed E-state index contributed by atoms with van der Waals surface area (Å²) in [6, 6.07) is 18.3. The zero-order chi connectivity index (χ0) is 18.6. The van der Waals surface area contributed by atoms with E-state index in [2.05, 4.69) is 46.1 Å². The number of methoxy groups -OCH3 is 1. The van der Waals surface area contributed by atoms with E-state index >= 15 is 0 Å². The fraction of sp³-hybridized carbons (Fsp3) is 0.381. The second-order valence-corrected chi connectivity index (χ2v) is 7.05. The average Bonchev–Trinajstić information content (AvgIpc) is 3.24. The van der Waals surface area contributed by atoms with E-state index in [1.165, 1.54) is 5.69 Å². The van der Waals surface area contributed by atoms with Crippen molar-refractivity contribution in [2.45, 2.75) is 18.5 Å². The van der Waals surface area contributed by atoms with Gasteiger partial charge in [-0.05, 0) is 36.2 Å². The number of ether oxygens (including phenoxy) is 1. The quantitative estimate of drug-likeness (QED) is 0.866. The van der Waals surface area contributed by atoms with Gasteiger partial charge in [0.05, 0.1) is 7.11 Å². The van der Waals surface area contributed by atoms with Crippen LogP contribution < -0.4 is 20.5 Å². The summed E-state index contributed by atoms with van der Waals surface area (Å²) in [5.74, 6) is 1.02. The van der Waals surface area contributed by atoms with Crippen LogP contribution in [0.4, 0.5) is 5.69 Å². The molecule has 2 fully saturated rings. The van der Waals surface area contributed by atoms with Crippen molar-refractivity contribution in [2.75, 3.05) is 38.2 Å². The van der Waals surface area contributed by atoms with Crippen molar-refractivity contribution >= 4 is 11.6 Å². The summed E-state index contributed by atoms with van der Waals surface area (Å²) in [5.41, 5.74) is 8.81. The lowest BCUT2D eigenvalue weighted by Crippen LogP contribution is -2.53. The molecule has 2 N–H and O–H groups in total. The highest BCUT2D eigenvalue weighted by molar-refractivity contribution is 5.82. The molecule has 0 bridgehead atoms. The average molecular weight is 366 g/mol. The van der Waals surface area contributed by atoms with E-state index < -0.39 is 0 Å². The van der Waals surface area contributed by atoms with Crippen LogP contribution in [0.15, 0.2) is 54.6 Å². The van der Waals surface area contributed by atoms with Crippen LogP contribution in [0.25, 0.3) is 0 Å². The smallest absolute Gasteiger partial charge is 0.241 e. The van der Waals surface area contributed by atoms with E-state index in [-0.39, 0.29) is 18.0 Å². The van der Waals surface area contributed by atoms with Gasteiger partial charge < -0.3 is 14.5 Å². The molecule has 27 heavy (non-hydrogen) atoms. The minimum Gasteiger partial charge on any atom is -0.497 e. The van der Waals surface area contributed by atoms with E-state index in [0.29, 0.717) is 0 Å². The maximum Gasteiger partial charge on any atom is 0.241 e. The Balaban J connectivity index is 1.33. The first kappa shape index (κ1) is 17.8. The van der Waals surface area contributed by atoms with Crippen LogP contribution in [0.3, 0.4) is 0 Å². The van der Waals surface area contributed by atoms with E-state index in [1.807, 2.05) is 29.2 Å². The topological polar surface area (TPSA) is 56.8 Å². The van der Waals surface area contributed by atoms with E-state index in [1.54, 1.807) is 7.11 Å². The van der Waals surface area contributed by atoms with Gasteiger partial charge in [-0.15, -0.1) is 0 Å². The third-order valence-electron chi connectivity index (χ3n) is 5.41. The van der Waals surface area contributed by atoms with Gasteiger partial charge in [0.2, 0.25) is 5.91 Å². The summed E-state index contributed by atoms with van der Waals surface area (Å²) in [7, 11) is 1.67. The molecule has 2 heterocycles. The van der Waals surface area contributed by atoms with Gasteiger partial charge in [0, 0.05) is 37.9 Å². The Hall–Kier alpha value is -2.57. The monoisotopic (exact) mass is 366 g/mol. The van der Waals surface area contributed by atoms with Gasteiger partial charge in [-0.1, -0.05) is 30.3 Å². The first-order chi connectivity index (χ1) is 13.2. The molecule has 2 unspecified atom stereocenters. The number of piperazine rings is 1. The molecule has 0 radical (unpaired) electrons. The molecule has 4 rings (SSSR count). The van der Waals surface area contributed by atoms with E-state index in [4.69, 9.17) is 4.74 Å². The second kappa shape index (κ2) is 7.98. The molecule has 6 nitrogen and oxygen atoms in total. The van der Waals surface area contributed by atoms with Crippen LogP contribution in [0.1, 0.15) is 18.0 Å². The lowest BCUT2D eigenvalue weighted by Gasteiger charge is -2.37. The number of amides is 1. The SMILES string of the molecule is COc1cccc(C2CC(C(=O)N3CCN(c4ccccc4)CC3)NN2)c1. The number of hydrogen-bond acceptors (Lipinski definition) is 5. The van der Waals surface area contributed by atoms with Crippen molar-refractivity contribution in [1.29, 1.82) is 0 Å². The minimum atomic E-state index is -0.190. The standard InChI is InChI=1S/C21H26N4O2/c1-27-18-9-5-6-16(14-18)19-15-20(23-22-19)21(26)25-12-10-24(11-13-25)17-7-3-2-4-8-17/h2-9,14,19-20,22-23H,10-13,15H2,1H3. The highest BCUT2D eigenvalue weighted by Gasteiger charge is 2.34. The number of benzene rings is 2. The molecule has 2 aliphatic heterocycles. The van der Waals surface area contributed by atoms with Crippen molar-refractivity contribution in [3.05, 3.63) is 60.2 Å². The van der Waals surface area contributed by atoms with Gasteiger partial charge in [0.15, 0.2) is 0 Å². The Morgan fingerprint density at radius 3 is 2.52 bits per heavy atom. The minimum absolute atomic E-state index is 0.111. The highest BCUT2D eigenvalue weighted by Crippen LogP contribution is 2.26. The second-order valence-electron chi connectivity index (χ2n) is 7.05. The van der Waals surface area contributed by atoms with Crippen molar-refractivity contribution < 1.29 is 9.53 Å². The number of para-hydroxylation sites is 1. The Morgan fingerprint density at radius 1 is 1.00 bits per heavy atom. The molecule has 0 aliphatic carbocycles. The number of hydrogen-bond donors (Lipinski definition) is 2. The van der Waals surface area contributed by atoms with Gasteiger partial charge in [-0.2, -0.15) is 0 Å². The summed E-state index contributed by atoms with van der Waals surface area (Å²) in [6.45, 7) is 3.26. The first-order valence-corrected chi connectivity index (χ1v) is 9.48. The van der Waals surface area contributed by atoms with Crippen molar-refractivity contribution in [3.8, 4) is 5.75 Å². The van der Waals surface area contributed by atoms with E-state index in [9.17, 15) is 4.79 Å². The van der Waals surface area contributed by atoms with E-state index in [0.717, 1.165) is 43.9 Å². The molecule has 142 valence electrons. The Labute approximate surface area is 160 Å². The lowest BCUT2D eigenvalue weighted by atomic mass is 10.0. The number of rotatable bonds is 4. The first-order valence-electron chi connectivity index (χ1n) is 9.48. The molecule has 2 aromatic rings. The largest absolute Gasteiger partial charge is 0.497 e. The normalized spacial score (nSPS) is 22.7. The number of carbonyl (C=O) groups is 1. The zero-order valence-electron chi connectivity index (χ0n) is 15.6. The van der Waals surface area contributed by atoms with Crippen molar-refractivity contribution in [2.24, 2.45) is 0 Å². The van der Waals surface area contributed by atoms with Crippen LogP contribution in [-0.2, 0) is 4.79 Å². The third-order valence-corrected chi connectivity index (χ3v) is 5.41. The summed E-state index contributed by atoms with van der Waals surface area (Å²) < 4.78 is 5.30. The third kappa shape index (κ3) is 3.91. The maximum atomic E-state index is 12.9. The van der Waals surface area contributed by atoms with Crippen molar-refractivity contribution in [3.63, 3.8) is 0 Å². The maximum absolute atomic E-state index is 12.9. The predicted octanol–water partition coefficient (Wildman–Crippen LogP) is 1.95. The molecule has 0 aromatic heterocycles. The fourth-order valence-corrected chi connectivity index (χ4v) is 3.84. The van der Waals surface area contributed by atoms with Gasteiger partial charge in [0.25, 0.3) is 0 Å². The van der Waals surface area contributed by atoms with Crippen LogP contribution in [-0.4, -0.2) is 50.1 Å². The van der Waals surface area contributed by atoms with Crippen LogP contribution >= 0.6 is 0 Å². The number of hydrazine groups is 1. The predicted molar refractivity (Wildman–Crippen MR) is 106 cm³/mol. The van der Waals surface area contributed by atoms with Gasteiger partial charge in [-0.3, -0.25) is 4.79 Å². The molecule has 2 aromatic carbocycles.